The van der Waals surface area contributed by atoms with Crippen LogP contribution in [0.1, 0.15) is 63.9 Å². The number of ether oxygens (including phenoxy) is 1. The molecule has 0 bridgehead atoms. The van der Waals surface area contributed by atoms with Gasteiger partial charge in [0.25, 0.3) is 0 Å². The largest absolute Gasteiger partial charge is 0.494 e. The zero-order chi connectivity index (χ0) is 23.5. The van der Waals surface area contributed by atoms with Crippen molar-refractivity contribution in [3.8, 4) is 5.75 Å². The quantitative estimate of drug-likeness (QED) is 0.472. The van der Waals surface area contributed by atoms with Crippen molar-refractivity contribution in [2.45, 2.75) is 76.9 Å². The maximum atomic E-state index is 13.4. The summed E-state index contributed by atoms with van der Waals surface area (Å²) in [4.78, 5) is 28.0. The van der Waals surface area contributed by atoms with Gasteiger partial charge in [-0.05, 0) is 55.5 Å². The molecule has 1 atom stereocenters. The van der Waals surface area contributed by atoms with Gasteiger partial charge in [-0.3, -0.25) is 9.59 Å². The lowest BCUT2D eigenvalue weighted by Crippen LogP contribution is -2.51. The number of nitrogens with one attached hydrogen (secondary N) is 1. The summed E-state index contributed by atoms with van der Waals surface area (Å²) in [5.74, 6) is 0.255. The Morgan fingerprint density at radius 3 is 2.42 bits per heavy atom. The average molecular weight is 455 g/mol. The van der Waals surface area contributed by atoms with Crippen LogP contribution in [0, 0.1) is 5.82 Å². The topological polar surface area (TPSA) is 58.6 Å². The van der Waals surface area contributed by atoms with Gasteiger partial charge < -0.3 is 15.0 Å². The minimum Gasteiger partial charge on any atom is -0.494 e. The zero-order valence-corrected chi connectivity index (χ0v) is 19.5. The van der Waals surface area contributed by atoms with Crippen molar-refractivity contribution in [3.05, 3.63) is 66.0 Å². The van der Waals surface area contributed by atoms with Crippen LogP contribution in [0.5, 0.6) is 5.75 Å². The first-order valence-corrected chi connectivity index (χ1v) is 12.1. The number of halogens is 1. The first kappa shape index (κ1) is 24.7. The summed E-state index contributed by atoms with van der Waals surface area (Å²) in [5.41, 5.74) is 0.800. The van der Waals surface area contributed by atoms with Crippen LogP contribution in [0.25, 0.3) is 0 Å². The molecule has 0 aliphatic heterocycles. The van der Waals surface area contributed by atoms with Gasteiger partial charge >= 0.3 is 0 Å². The number of carbonyl (C=O) groups excluding carboxylic acids is 2. The van der Waals surface area contributed by atoms with Crippen molar-refractivity contribution in [2.24, 2.45) is 0 Å². The van der Waals surface area contributed by atoms with E-state index in [1.165, 1.54) is 18.6 Å². The summed E-state index contributed by atoms with van der Waals surface area (Å²) in [5, 5.41) is 3.17. The van der Waals surface area contributed by atoms with Crippen LogP contribution in [-0.4, -0.2) is 35.4 Å². The second-order valence-electron chi connectivity index (χ2n) is 8.68. The predicted molar refractivity (Wildman–Crippen MR) is 127 cm³/mol. The predicted octanol–water partition coefficient (Wildman–Crippen LogP) is 5.24. The van der Waals surface area contributed by atoms with Crippen molar-refractivity contribution < 1.29 is 18.7 Å². The van der Waals surface area contributed by atoms with Crippen LogP contribution in [0.2, 0.25) is 0 Å². The molecule has 2 amide bonds. The number of para-hydroxylation sites is 1. The van der Waals surface area contributed by atoms with Gasteiger partial charge in [0, 0.05) is 19.0 Å². The Morgan fingerprint density at radius 2 is 1.76 bits per heavy atom. The van der Waals surface area contributed by atoms with Crippen molar-refractivity contribution in [3.63, 3.8) is 0 Å². The molecule has 2 aromatic carbocycles. The number of rotatable bonds is 11. The van der Waals surface area contributed by atoms with E-state index >= 15 is 0 Å². The molecule has 0 heterocycles. The van der Waals surface area contributed by atoms with E-state index in [0.717, 1.165) is 37.0 Å². The van der Waals surface area contributed by atoms with Gasteiger partial charge in [0.2, 0.25) is 11.8 Å². The normalized spacial score (nSPS) is 15.0. The molecular formula is C27H35FN2O3. The van der Waals surface area contributed by atoms with E-state index in [0.29, 0.717) is 19.4 Å². The molecule has 1 aliphatic rings. The molecule has 33 heavy (non-hydrogen) atoms. The first-order valence-electron chi connectivity index (χ1n) is 12.1. The van der Waals surface area contributed by atoms with E-state index in [1.807, 2.05) is 37.3 Å². The minimum atomic E-state index is -0.556. The van der Waals surface area contributed by atoms with E-state index in [4.69, 9.17) is 4.74 Å². The lowest BCUT2D eigenvalue weighted by atomic mass is 9.95. The van der Waals surface area contributed by atoms with Crippen LogP contribution in [0.15, 0.2) is 54.6 Å². The molecule has 0 aromatic heterocycles. The molecular weight excluding hydrogens is 419 g/mol. The summed E-state index contributed by atoms with van der Waals surface area (Å²) in [6, 6.07) is 15.2. The van der Waals surface area contributed by atoms with Crippen molar-refractivity contribution in [1.82, 2.24) is 10.2 Å². The first-order chi connectivity index (χ1) is 16.1. The molecule has 1 fully saturated rings. The standard InChI is InChI=1S/C27H35FN2O3/c1-2-25(27(32)29-23-10-5-3-6-11-23)30(20-21-15-17-22(28)18-16-21)26(31)14-9-19-33-24-12-7-4-8-13-24/h4,7-8,12-13,15-18,23,25H,2-3,5-6,9-11,14,19-20H2,1H3,(H,29,32). The Morgan fingerprint density at radius 1 is 1.06 bits per heavy atom. The van der Waals surface area contributed by atoms with Crippen LogP contribution >= 0.6 is 0 Å². The van der Waals surface area contributed by atoms with Crippen molar-refractivity contribution in [1.29, 1.82) is 0 Å². The van der Waals surface area contributed by atoms with E-state index in [9.17, 15) is 14.0 Å². The number of amides is 2. The van der Waals surface area contributed by atoms with Gasteiger partial charge in [0.05, 0.1) is 6.61 Å². The molecule has 6 heteroatoms. The fraction of sp³-hybridized carbons (Fsp3) is 0.481. The van der Waals surface area contributed by atoms with Gasteiger partial charge in [-0.15, -0.1) is 0 Å². The van der Waals surface area contributed by atoms with Gasteiger partial charge in [-0.2, -0.15) is 0 Å². The third-order valence-electron chi connectivity index (χ3n) is 6.15. The Balaban J connectivity index is 1.64. The Labute approximate surface area is 196 Å². The highest BCUT2D eigenvalue weighted by Gasteiger charge is 2.30. The smallest absolute Gasteiger partial charge is 0.243 e. The van der Waals surface area contributed by atoms with Gasteiger partial charge in [-0.1, -0.05) is 56.5 Å². The summed E-state index contributed by atoms with van der Waals surface area (Å²) in [6.45, 7) is 2.62. The van der Waals surface area contributed by atoms with E-state index in [-0.39, 0.29) is 36.6 Å². The fourth-order valence-electron chi connectivity index (χ4n) is 4.32. The van der Waals surface area contributed by atoms with Crippen LogP contribution < -0.4 is 10.1 Å². The molecule has 1 unspecified atom stereocenters. The summed E-state index contributed by atoms with van der Waals surface area (Å²) in [6.07, 6.45) is 6.80. The molecule has 0 spiro atoms. The highest BCUT2D eigenvalue weighted by Crippen LogP contribution is 2.20. The van der Waals surface area contributed by atoms with Crippen LogP contribution in [0.4, 0.5) is 4.39 Å². The lowest BCUT2D eigenvalue weighted by Gasteiger charge is -2.33. The molecule has 178 valence electrons. The Bertz CT molecular complexity index is 867. The van der Waals surface area contributed by atoms with Gasteiger partial charge in [0.15, 0.2) is 0 Å². The molecule has 1 saturated carbocycles. The molecule has 5 nitrogen and oxygen atoms in total. The zero-order valence-electron chi connectivity index (χ0n) is 19.5. The second-order valence-corrected chi connectivity index (χ2v) is 8.68. The number of benzene rings is 2. The molecule has 0 saturated heterocycles. The third kappa shape index (κ3) is 7.88. The van der Waals surface area contributed by atoms with E-state index in [1.54, 1.807) is 17.0 Å². The minimum absolute atomic E-state index is 0.0957. The van der Waals surface area contributed by atoms with Gasteiger partial charge in [-0.25, -0.2) is 4.39 Å². The van der Waals surface area contributed by atoms with Crippen LogP contribution in [-0.2, 0) is 16.1 Å². The number of hydrogen-bond donors (Lipinski definition) is 1. The third-order valence-corrected chi connectivity index (χ3v) is 6.15. The summed E-state index contributed by atoms with van der Waals surface area (Å²) >= 11 is 0. The molecule has 1 aliphatic carbocycles. The molecule has 3 rings (SSSR count). The van der Waals surface area contributed by atoms with E-state index in [2.05, 4.69) is 5.32 Å². The Kier molecular flexibility index (Phi) is 9.73. The maximum absolute atomic E-state index is 13.4. The number of hydrogen-bond acceptors (Lipinski definition) is 3. The monoisotopic (exact) mass is 454 g/mol. The molecule has 0 radical (unpaired) electrons. The maximum Gasteiger partial charge on any atom is 0.243 e. The van der Waals surface area contributed by atoms with Crippen molar-refractivity contribution in [2.75, 3.05) is 6.61 Å². The molecule has 2 aromatic rings. The van der Waals surface area contributed by atoms with Crippen molar-refractivity contribution >= 4 is 11.8 Å². The SMILES string of the molecule is CCC(C(=O)NC1CCCCC1)N(Cc1ccc(F)cc1)C(=O)CCCOc1ccccc1. The van der Waals surface area contributed by atoms with Crippen LogP contribution in [0.3, 0.4) is 0 Å². The van der Waals surface area contributed by atoms with E-state index < -0.39 is 6.04 Å². The number of nitrogens with zero attached hydrogens (tertiary/aromatic N) is 1. The summed E-state index contributed by atoms with van der Waals surface area (Å²) < 4.78 is 19.1. The average Bonchev–Trinajstić information content (AvgIpc) is 2.84. The van der Waals surface area contributed by atoms with Gasteiger partial charge in [0.1, 0.15) is 17.6 Å². The fourth-order valence-corrected chi connectivity index (χ4v) is 4.32. The highest BCUT2D eigenvalue weighted by molar-refractivity contribution is 5.87. The molecule has 1 N–H and O–H groups in total. The lowest BCUT2D eigenvalue weighted by molar-refractivity contribution is -0.142. The highest BCUT2D eigenvalue weighted by atomic mass is 19.1. The second kappa shape index (κ2) is 13.0. The number of carbonyl (C=O) groups is 2. The summed E-state index contributed by atoms with van der Waals surface area (Å²) in [7, 11) is 0. The Hall–Kier alpha value is -2.89.